The van der Waals surface area contributed by atoms with Gasteiger partial charge in [0.1, 0.15) is 5.82 Å². The third kappa shape index (κ3) is 2.59. The molecular formula is C19H23N3. The van der Waals surface area contributed by atoms with Crippen molar-refractivity contribution in [2.24, 2.45) is 0 Å². The summed E-state index contributed by atoms with van der Waals surface area (Å²) in [4.78, 5) is 8.98. The van der Waals surface area contributed by atoms with Gasteiger partial charge in [-0.3, -0.25) is 9.88 Å². The number of anilines is 1. The van der Waals surface area contributed by atoms with E-state index in [0.29, 0.717) is 0 Å². The highest BCUT2D eigenvalue weighted by molar-refractivity contribution is 5.63. The maximum Gasteiger partial charge on any atom is 0.110 e. The third-order valence-electron chi connectivity index (χ3n) is 4.24. The number of pyridine rings is 1. The van der Waals surface area contributed by atoms with E-state index in [1.807, 2.05) is 6.20 Å². The molecule has 3 nitrogen and oxygen atoms in total. The smallest absolute Gasteiger partial charge is 0.110 e. The second-order valence-corrected chi connectivity index (χ2v) is 5.75. The molecule has 0 atom stereocenters. The van der Waals surface area contributed by atoms with Crippen LogP contribution in [0.2, 0.25) is 0 Å². The van der Waals surface area contributed by atoms with Crippen LogP contribution in [0, 0.1) is 0 Å². The van der Waals surface area contributed by atoms with Gasteiger partial charge in [0.15, 0.2) is 0 Å². The molecule has 22 heavy (non-hydrogen) atoms. The largest absolute Gasteiger partial charge is 0.330 e. The van der Waals surface area contributed by atoms with Crippen molar-refractivity contribution in [2.75, 3.05) is 11.9 Å². The Bertz CT molecular complexity index is 650. The topological polar surface area (TPSA) is 19.4 Å². The average Bonchev–Trinajstić information content (AvgIpc) is 2.72. The number of aryl methyl sites for hydroxylation is 1. The van der Waals surface area contributed by atoms with Crippen LogP contribution in [0.1, 0.15) is 31.9 Å². The number of hydrogen-bond acceptors (Lipinski definition) is 3. The lowest BCUT2D eigenvalue weighted by molar-refractivity contribution is 0.557. The summed E-state index contributed by atoms with van der Waals surface area (Å²) in [5.41, 5.74) is 4.73. The van der Waals surface area contributed by atoms with Gasteiger partial charge in [0.05, 0.1) is 23.3 Å². The Morgan fingerprint density at radius 1 is 1.27 bits per heavy atom. The minimum atomic E-state index is 0.906. The number of hydrogen-bond donors (Lipinski definition) is 0. The first kappa shape index (κ1) is 14.6. The summed E-state index contributed by atoms with van der Waals surface area (Å²) in [5, 5.41) is 0. The summed E-state index contributed by atoms with van der Waals surface area (Å²) in [5.74, 6) is 0.980. The summed E-state index contributed by atoms with van der Waals surface area (Å²) in [6, 6.07) is 4.30. The van der Waals surface area contributed by atoms with Gasteiger partial charge in [-0.1, -0.05) is 38.2 Å². The normalized spacial score (nSPS) is 17.3. The van der Waals surface area contributed by atoms with E-state index in [1.54, 1.807) is 0 Å². The number of allylic oxidation sites excluding steroid dienone is 4. The van der Waals surface area contributed by atoms with Crippen LogP contribution in [-0.4, -0.2) is 16.9 Å². The highest BCUT2D eigenvalue weighted by atomic mass is 15.4. The zero-order chi connectivity index (χ0) is 15.5. The third-order valence-corrected chi connectivity index (χ3v) is 4.24. The van der Waals surface area contributed by atoms with Gasteiger partial charge in [-0.15, -0.1) is 0 Å². The van der Waals surface area contributed by atoms with Crippen molar-refractivity contribution >= 4 is 5.69 Å². The number of nitrogens with zero attached hydrogens (tertiary/aromatic N) is 3. The van der Waals surface area contributed by atoms with Crippen LogP contribution >= 0.6 is 0 Å². The summed E-state index contributed by atoms with van der Waals surface area (Å²) in [7, 11) is 2.07. The SMILES string of the molecule is C=C1N(C)C2=C(CC=CC=C2)N1c1ccc(CCCC)nc1. The minimum Gasteiger partial charge on any atom is -0.330 e. The van der Waals surface area contributed by atoms with Crippen LogP contribution in [0.5, 0.6) is 0 Å². The van der Waals surface area contributed by atoms with Gasteiger partial charge >= 0.3 is 0 Å². The molecule has 114 valence electrons. The monoisotopic (exact) mass is 293 g/mol. The molecule has 2 heterocycles. The van der Waals surface area contributed by atoms with Crippen LogP contribution in [0.4, 0.5) is 5.69 Å². The maximum absolute atomic E-state index is 4.62. The van der Waals surface area contributed by atoms with E-state index >= 15 is 0 Å². The first-order chi connectivity index (χ1) is 10.7. The number of likely N-dealkylation sites (N-methyl/N-ethyl adjacent to an activating group) is 1. The minimum absolute atomic E-state index is 0.906. The van der Waals surface area contributed by atoms with Gasteiger partial charge in [0, 0.05) is 19.2 Å². The quantitative estimate of drug-likeness (QED) is 0.821. The molecule has 1 aromatic rings. The molecule has 0 bridgehead atoms. The average molecular weight is 293 g/mol. The van der Waals surface area contributed by atoms with E-state index in [0.717, 1.165) is 24.4 Å². The Hall–Kier alpha value is -2.29. The molecular weight excluding hydrogens is 270 g/mol. The Balaban J connectivity index is 1.90. The first-order valence-corrected chi connectivity index (χ1v) is 7.96. The van der Waals surface area contributed by atoms with Crippen molar-refractivity contribution in [1.29, 1.82) is 0 Å². The molecule has 1 aliphatic heterocycles. The molecule has 0 saturated heterocycles. The molecule has 0 radical (unpaired) electrons. The lowest BCUT2D eigenvalue weighted by Gasteiger charge is -2.24. The highest BCUT2D eigenvalue weighted by Crippen LogP contribution is 2.37. The standard InChI is InChI=1S/C19H23N3/c1-4-5-9-16-12-13-17(14-20-16)22-15(2)21(3)18-10-7-6-8-11-19(18)22/h6-8,10,12-14H,2,4-5,9,11H2,1,3H3. The molecule has 2 aliphatic rings. The summed E-state index contributed by atoms with van der Waals surface area (Å²) < 4.78 is 0. The van der Waals surface area contributed by atoms with E-state index < -0.39 is 0 Å². The Morgan fingerprint density at radius 2 is 2.14 bits per heavy atom. The summed E-state index contributed by atoms with van der Waals surface area (Å²) in [6.07, 6.45) is 14.8. The van der Waals surface area contributed by atoms with Crippen molar-refractivity contribution in [3.05, 3.63) is 72.1 Å². The van der Waals surface area contributed by atoms with Gasteiger partial charge in [-0.25, -0.2) is 0 Å². The molecule has 0 fully saturated rings. The molecule has 0 saturated carbocycles. The fraction of sp³-hybridized carbons (Fsp3) is 0.316. The Labute approximate surface area is 133 Å². The maximum atomic E-state index is 4.62. The van der Waals surface area contributed by atoms with Gasteiger partial charge in [-0.2, -0.15) is 0 Å². The molecule has 3 heteroatoms. The van der Waals surface area contributed by atoms with Crippen LogP contribution in [0.15, 0.2) is 66.4 Å². The first-order valence-electron chi connectivity index (χ1n) is 7.96. The molecule has 0 amide bonds. The van der Waals surface area contributed by atoms with Crippen LogP contribution in [0.25, 0.3) is 0 Å². The lowest BCUT2D eigenvalue weighted by atomic mass is 10.2. The van der Waals surface area contributed by atoms with Crippen LogP contribution in [0.3, 0.4) is 0 Å². The van der Waals surface area contributed by atoms with E-state index in [4.69, 9.17) is 0 Å². The van der Waals surface area contributed by atoms with Crippen molar-refractivity contribution in [1.82, 2.24) is 9.88 Å². The van der Waals surface area contributed by atoms with Crippen LogP contribution < -0.4 is 4.90 Å². The van der Waals surface area contributed by atoms with Crippen LogP contribution in [-0.2, 0) is 6.42 Å². The number of rotatable bonds is 4. The lowest BCUT2D eigenvalue weighted by Crippen LogP contribution is -2.21. The summed E-state index contributed by atoms with van der Waals surface area (Å²) >= 11 is 0. The zero-order valence-corrected chi connectivity index (χ0v) is 13.4. The Kier molecular flexibility index (Phi) is 4.14. The molecule has 0 spiro atoms. The summed E-state index contributed by atoms with van der Waals surface area (Å²) in [6.45, 7) is 6.45. The predicted molar refractivity (Wildman–Crippen MR) is 92.2 cm³/mol. The molecule has 3 rings (SSSR count). The number of unbranched alkanes of at least 4 members (excludes halogenated alkanes) is 1. The zero-order valence-electron chi connectivity index (χ0n) is 13.4. The second-order valence-electron chi connectivity index (χ2n) is 5.75. The molecule has 0 N–H and O–H groups in total. The molecule has 0 aromatic carbocycles. The van der Waals surface area contributed by atoms with E-state index in [-0.39, 0.29) is 0 Å². The second kappa shape index (κ2) is 6.22. The Morgan fingerprint density at radius 3 is 2.86 bits per heavy atom. The fourth-order valence-corrected chi connectivity index (χ4v) is 2.92. The van der Waals surface area contributed by atoms with Gasteiger partial charge in [-0.05, 0) is 31.1 Å². The van der Waals surface area contributed by atoms with E-state index in [2.05, 4.69) is 71.8 Å². The van der Waals surface area contributed by atoms with Crippen molar-refractivity contribution in [3.63, 3.8) is 0 Å². The van der Waals surface area contributed by atoms with E-state index in [1.165, 1.54) is 29.9 Å². The molecule has 1 aliphatic carbocycles. The highest BCUT2D eigenvalue weighted by Gasteiger charge is 2.30. The predicted octanol–water partition coefficient (Wildman–Crippen LogP) is 4.37. The van der Waals surface area contributed by atoms with Gasteiger partial charge in [0.2, 0.25) is 0 Å². The van der Waals surface area contributed by atoms with Gasteiger partial charge < -0.3 is 4.90 Å². The van der Waals surface area contributed by atoms with E-state index in [9.17, 15) is 0 Å². The number of aromatic nitrogens is 1. The van der Waals surface area contributed by atoms with Gasteiger partial charge in [0.25, 0.3) is 0 Å². The fourth-order valence-electron chi connectivity index (χ4n) is 2.92. The molecule has 0 unspecified atom stereocenters. The molecule has 1 aromatic heterocycles. The van der Waals surface area contributed by atoms with Crippen molar-refractivity contribution in [3.8, 4) is 0 Å². The van der Waals surface area contributed by atoms with Crippen molar-refractivity contribution in [2.45, 2.75) is 32.6 Å². The van der Waals surface area contributed by atoms with Crippen molar-refractivity contribution < 1.29 is 0 Å².